The number of rotatable bonds is 14. The minimum Gasteiger partial charge on any atom is -0.478 e. The number of halogens is 3. The molecule has 1 aromatic heterocycles. The Morgan fingerprint density at radius 2 is 1.70 bits per heavy atom. The van der Waals surface area contributed by atoms with Crippen LogP contribution in [0.15, 0.2) is 35.3 Å². The van der Waals surface area contributed by atoms with E-state index in [2.05, 4.69) is 16.0 Å². The second-order valence-electron chi connectivity index (χ2n) is 8.28. The summed E-state index contributed by atoms with van der Waals surface area (Å²) in [5.41, 5.74) is 4.67. The maximum Gasteiger partial charge on any atom is 0.490 e. The monoisotopic (exact) mass is 577 g/mol. The fraction of sp³-hybridized carbons (Fsp3) is 0.500. The first-order valence-corrected chi connectivity index (χ1v) is 12.1. The number of carboxylic acid groups (broad SMARTS) is 2. The van der Waals surface area contributed by atoms with Gasteiger partial charge >= 0.3 is 18.1 Å². The molecule has 0 aliphatic carbocycles. The van der Waals surface area contributed by atoms with Crippen LogP contribution in [0.25, 0.3) is 0 Å². The average molecular weight is 578 g/mol. The number of nitrogens with one attached hydrogen (secondary N) is 3. The van der Waals surface area contributed by atoms with Crippen molar-refractivity contribution < 1.29 is 47.4 Å². The van der Waals surface area contributed by atoms with Gasteiger partial charge in [0.2, 0.25) is 17.7 Å². The number of hydrogen-bond acceptors (Lipinski definition) is 7. The fourth-order valence-corrected chi connectivity index (χ4v) is 2.99. The fourth-order valence-electron chi connectivity index (χ4n) is 2.99. The first-order chi connectivity index (χ1) is 18.7. The largest absolute Gasteiger partial charge is 0.490 e. The molecule has 13 nitrogen and oxygen atoms in total. The number of aromatic nitrogens is 1. The molecule has 0 bridgehead atoms. The lowest BCUT2D eigenvalue weighted by Crippen LogP contribution is -2.46. The summed E-state index contributed by atoms with van der Waals surface area (Å²) in [6.45, 7) is 4.08. The van der Waals surface area contributed by atoms with Gasteiger partial charge in [-0.1, -0.05) is 32.8 Å². The van der Waals surface area contributed by atoms with Crippen molar-refractivity contribution in [2.24, 2.45) is 11.7 Å². The van der Waals surface area contributed by atoms with Crippen LogP contribution < -0.4 is 27.2 Å². The van der Waals surface area contributed by atoms with Crippen molar-refractivity contribution in [3.05, 3.63) is 40.8 Å². The lowest BCUT2D eigenvalue weighted by Gasteiger charge is -2.18. The van der Waals surface area contributed by atoms with Gasteiger partial charge in [0.05, 0.1) is 6.54 Å². The molecule has 1 rings (SSSR count). The summed E-state index contributed by atoms with van der Waals surface area (Å²) in [4.78, 5) is 68.8. The Bertz CT molecular complexity index is 1100. The molecule has 224 valence electrons. The Labute approximate surface area is 227 Å². The number of allylic oxidation sites excluding steroid dienone is 1. The Morgan fingerprint density at radius 3 is 2.20 bits per heavy atom. The number of alkyl halides is 3. The zero-order valence-electron chi connectivity index (χ0n) is 22.0. The topological polar surface area (TPSA) is 210 Å². The molecular formula is C24H34F3N5O8. The van der Waals surface area contributed by atoms with Crippen LogP contribution in [0, 0.1) is 5.92 Å². The molecule has 3 amide bonds. The van der Waals surface area contributed by atoms with Crippen LogP contribution in [-0.2, 0) is 30.5 Å². The van der Waals surface area contributed by atoms with Crippen LogP contribution in [0.4, 0.5) is 18.9 Å². The predicted molar refractivity (Wildman–Crippen MR) is 137 cm³/mol. The summed E-state index contributed by atoms with van der Waals surface area (Å²) in [5, 5.41) is 23.5. The van der Waals surface area contributed by atoms with Gasteiger partial charge in [0.15, 0.2) is 0 Å². The Kier molecular flexibility index (Phi) is 16.2. The van der Waals surface area contributed by atoms with Gasteiger partial charge < -0.3 is 36.5 Å². The normalized spacial score (nSPS) is 11.8. The molecule has 1 atom stereocenters. The Morgan fingerprint density at radius 1 is 1.10 bits per heavy atom. The summed E-state index contributed by atoms with van der Waals surface area (Å²) in [7, 11) is 0. The first-order valence-electron chi connectivity index (χ1n) is 12.1. The molecule has 0 fully saturated rings. The Balaban J connectivity index is 0.00000191. The van der Waals surface area contributed by atoms with E-state index >= 15 is 0 Å². The maximum absolute atomic E-state index is 12.7. The molecule has 0 saturated heterocycles. The number of amides is 3. The zero-order chi connectivity index (χ0) is 30.9. The van der Waals surface area contributed by atoms with E-state index in [0.29, 0.717) is 12.5 Å². The van der Waals surface area contributed by atoms with Gasteiger partial charge in [-0.05, 0) is 30.9 Å². The minimum absolute atomic E-state index is 0.0524. The molecule has 0 aliphatic rings. The third-order valence-corrected chi connectivity index (χ3v) is 5.30. The van der Waals surface area contributed by atoms with Gasteiger partial charge in [-0.25, -0.2) is 9.59 Å². The van der Waals surface area contributed by atoms with E-state index in [4.69, 9.17) is 20.7 Å². The minimum atomic E-state index is -5.08. The standard InChI is InChI=1S/C22H33N5O6.C2HF3O2/c1-3-15(4-2)13-24-19(29)14-27-11-7-9-17(22(27)33)26-21(32)16(25-18(28)12-23)8-5-6-10-20(30)31;3-2(4,5)1(6)7/h6-7,9-11,15-16H,3-5,8,12-14,23H2,1-2H3,(H,24,29)(H,25,28)(H,26,32)(H,30,31);(H,6,7)/b10-6+;. The first kappa shape index (κ1) is 35.8. The van der Waals surface area contributed by atoms with E-state index in [1.54, 1.807) is 0 Å². The van der Waals surface area contributed by atoms with E-state index in [1.165, 1.54) is 29.0 Å². The second kappa shape index (κ2) is 18.1. The van der Waals surface area contributed by atoms with Crippen LogP contribution in [0.5, 0.6) is 0 Å². The van der Waals surface area contributed by atoms with Crippen molar-refractivity contribution in [1.29, 1.82) is 0 Å². The molecule has 1 unspecified atom stereocenters. The van der Waals surface area contributed by atoms with Crippen molar-refractivity contribution in [2.45, 2.75) is 58.3 Å². The number of hydrogen-bond donors (Lipinski definition) is 6. The highest BCUT2D eigenvalue weighted by atomic mass is 19.4. The Hall–Kier alpha value is -4.21. The molecule has 1 heterocycles. The van der Waals surface area contributed by atoms with Gasteiger partial charge in [-0.2, -0.15) is 13.2 Å². The molecule has 1 aromatic rings. The average Bonchev–Trinajstić information content (AvgIpc) is 2.88. The van der Waals surface area contributed by atoms with Crippen molar-refractivity contribution in [2.75, 3.05) is 18.4 Å². The third-order valence-electron chi connectivity index (χ3n) is 5.30. The van der Waals surface area contributed by atoms with Gasteiger partial charge in [0.1, 0.15) is 18.3 Å². The summed E-state index contributed by atoms with van der Waals surface area (Å²) < 4.78 is 32.9. The van der Waals surface area contributed by atoms with Crippen LogP contribution in [0.2, 0.25) is 0 Å². The van der Waals surface area contributed by atoms with Crippen LogP contribution in [0.1, 0.15) is 39.5 Å². The molecule has 0 spiro atoms. The smallest absolute Gasteiger partial charge is 0.478 e. The van der Waals surface area contributed by atoms with Crippen molar-refractivity contribution >= 4 is 35.3 Å². The van der Waals surface area contributed by atoms with Gasteiger partial charge in [0.25, 0.3) is 5.56 Å². The van der Waals surface area contributed by atoms with Crippen molar-refractivity contribution in [3.8, 4) is 0 Å². The van der Waals surface area contributed by atoms with Crippen molar-refractivity contribution in [1.82, 2.24) is 15.2 Å². The molecule has 0 saturated carbocycles. The molecule has 0 aliphatic heterocycles. The number of carbonyl (C=O) groups excluding carboxylic acids is 3. The van der Waals surface area contributed by atoms with E-state index in [9.17, 15) is 37.1 Å². The lowest BCUT2D eigenvalue weighted by molar-refractivity contribution is -0.192. The summed E-state index contributed by atoms with van der Waals surface area (Å²) in [5.74, 6) is -5.07. The van der Waals surface area contributed by atoms with Crippen LogP contribution in [-0.4, -0.2) is 69.7 Å². The van der Waals surface area contributed by atoms with E-state index in [1.807, 2.05) is 13.8 Å². The molecular weight excluding hydrogens is 543 g/mol. The number of aliphatic carboxylic acids is 2. The van der Waals surface area contributed by atoms with Crippen molar-refractivity contribution in [3.63, 3.8) is 0 Å². The van der Waals surface area contributed by atoms with Gasteiger partial charge in [-0.3, -0.25) is 19.2 Å². The van der Waals surface area contributed by atoms with E-state index < -0.39 is 41.5 Å². The molecule has 7 N–H and O–H groups in total. The van der Waals surface area contributed by atoms with Crippen LogP contribution in [0.3, 0.4) is 0 Å². The van der Waals surface area contributed by atoms with Gasteiger partial charge in [-0.15, -0.1) is 0 Å². The zero-order valence-corrected chi connectivity index (χ0v) is 22.0. The number of nitrogens with zero attached hydrogens (tertiary/aromatic N) is 1. The SMILES string of the molecule is CCC(CC)CNC(=O)Cn1cccc(NC(=O)C(CC/C=C/C(=O)O)NC(=O)CN)c1=O.O=C(O)C(F)(F)F. The molecule has 0 radical (unpaired) electrons. The number of carbonyl (C=O) groups is 5. The third kappa shape index (κ3) is 14.7. The number of pyridine rings is 1. The molecule has 16 heteroatoms. The maximum atomic E-state index is 12.7. The summed E-state index contributed by atoms with van der Waals surface area (Å²) in [6, 6.07) is 1.88. The van der Waals surface area contributed by atoms with E-state index in [-0.39, 0.29) is 37.5 Å². The molecule has 40 heavy (non-hydrogen) atoms. The molecule has 0 aromatic carbocycles. The van der Waals surface area contributed by atoms with E-state index in [0.717, 1.165) is 18.9 Å². The highest BCUT2D eigenvalue weighted by Crippen LogP contribution is 2.13. The number of carboxylic acids is 2. The predicted octanol–water partition coefficient (Wildman–Crippen LogP) is 0.837. The van der Waals surface area contributed by atoms with Gasteiger partial charge in [0, 0.05) is 18.8 Å². The number of anilines is 1. The quantitative estimate of drug-likeness (QED) is 0.173. The van der Waals surface area contributed by atoms with Crippen LogP contribution >= 0.6 is 0 Å². The summed E-state index contributed by atoms with van der Waals surface area (Å²) in [6.07, 6.45) is 0.819. The lowest BCUT2D eigenvalue weighted by atomic mass is 10.0. The second-order valence-corrected chi connectivity index (χ2v) is 8.28. The highest BCUT2D eigenvalue weighted by Gasteiger charge is 2.38. The highest BCUT2D eigenvalue weighted by molar-refractivity contribution is 5.97. The summed E-state index contributed by atoms with van der Waals surface area (Å²) >= 11 is 0. The number of nitrogens with two attached hydrogens (primary N) is 1.